The van der Waals surface area contributed by atoms with E-state index in [9.17, 15) is 4.79 Å². The van der Waals surface area contributed by atoms with Gasteiger partial charge >= 0.3 is 0 Å². The van der Waals surface area contributed by atoms with Gasteiger partial charge in [0.05, 0.1) is 11.2 Å². The number of nitrogens with zero attached hydrogens (tertiary/aromatic N) is 3. The van der Waals surface area contributed by atoms with Gasteiger partial charge in [0.2, 0.25) is 0 Å². The zero-order valence-electron chi connectivity index (χ0n) is 11.8. The Balaban J connectivity index is 2.23. The van der Waals surface area contributed by atoms with E-state index >= 15 is 0 Å². The highest BCUT2D eigenvalue weighted by Crippen LogP contribution is 2.22. The maximum atomic E-state index is 12.3. The molecule has 2 unspecified atom stereocenters. The number of aromatic nitrogens is 2. The van der Waals surface area contributed by atoms with Crippen molar-refractivity contribution in [3.05, 3.63) is 21.6 Å². The normalized spacial score (nSPS) is 23.3. The predicted molar refractivity (Wildman–Crippen MR) is 81.0 cm³/mol. The first-order valence-corrected chi connectivity index (χ1v) is 7.05. The molecule has 1 aromatic heterocycles. The smallest absolute Gasteiger partial charge is 0.292 e. The average Bonchev–Trinajstić information content (AvgIpc) is 2.40. The van der Waals surface area contributed by atoms with Crippen molar-refractivity contribution in [2.75, 3.05) is 25.5 Å². The number of nitrogens with one attached hydrogen (secondary N) is 1. The summed E-state index contributed by atoms with van der Waals surface area (Å²) in [5.41, 5.74) is 0.139. The van der Waals surface area contributed by atoms with Crippen LogP contribution in [-0.4, -0.2) is 40.9 Å². The van der Waals surface area contributed by atoms with Gasteiger partial charge in [-0.2, -0.15) is 5.10 Å². The third-order valence-corrected chi connectivity index (χ3v) is 3.96. The molecular formula is C14H19ClN4O. The van der Waals surface area contributed by atoms with Crippen LogP contribution in [0.5, 0.6) is 0 Å². The van der Waals surface area contributed by atoms with E-state index in [0.29, 0.717) is 16.6 Å². The molecule has 0 aliphatic carbocycles. The largest absolute Gasteiger partial charge is 0.376 e. The predicted octanol–water partition coefficient (Wildman–Crippen LogP) is 1.28. The Morgan fingerprint density at radius 2 is 2.40 bits per heavy atom. The SMILES string of the molecule is C#CCn1ncc(Cl)c(NC2CCN(C)CC2C)c1=O. The molecule has 1 saturated heterocycles. The molecule has 1 aliphatic heterocycles. The summed E-state index contributed by atoms with van der Waals surface area (Å²) in [7, 11) is 2.10. The summed E-state index contributed by atoms with van der Waals surface area (Å²) >= 11 is 6.10. The number of piperidine rings is 1. The van der Waals surface area contributed by atoms with Crippen molar-refractivity contribution in [1.29, 1.82) is 0 Å². The minimum atomic E-state index is -0.262. The molecular weight excluding hydrogens is 276 g/mol. The van der Waals surface area contributed by atoms with E-state index in [4.69, 9.17) is 18.0 Å². The van der Waals surface area contributed by atoms with E-state index in [2.05, 4.69) is 35.2 Å². The molecule has 1 aromatic rings. The molecule has 2 rings (SSSR count). The summed E-state index contributed by atoms with van der Waals surface area (Å²) in [5.74, 6) is 2.86. The van der Waals surface area contributed by atoms with E-state index in [-0.39, 0.29) is 18.1 Å². The lowest BCUT2D eigenvalue weighted by atomic mass is 9.94. The Bertz CT molecular complexity index is 578. The van der Waals surface area contributed by atoms with Crippen LogP contribution < -0.4 is 10.9 Å². The van der Waals surface area contributed by atoms with Crippen molar-refractivity contribution in [3.8, 4) is 12.3 Å². The van der Waals surface area contributed by atoms with Crippen LogP contribution in [0.2, 0.25) is 5.02 Å². The molecule has 6 heteroatoms. The highest BCUT2D eigenvalue weighted by atomic mass is 35.5. The summed E-state index contributed by atoms with van der Waals surface area (Å²) in [4.78, 5) is 14.6. The molecule has 0 spiro atoms. The molecule has 2 heterocycles. The molecule has 0 bridgehead atoms. The average molecular weight is 295 g/mol. The first kappa shape index (κ1) is 14.9. The van der Waals surface area contributed by atoms with Crippen LogP contribution >= 0.6 is 11.6 Å². The second kappa shape index (κ2) is 6.29. The number of rotatable bonds is 3. The van der Waals surface area contributed by atoms with E-state index in [1.54, 1.807) is 0 Å². The van der Waals surface area contributed by atoms with Gasteiger partial charge in [-0.1, -0.05) is 24.4 Å². The topological polar surface area (TPSA) is 50.2 Å². The fraction of sp³-hybridized carbons (Fsp3) is 0.571. The first-order valence-electron chi connectivity index (χ1n) is 6.67. The lowest BCUT2D eigenvalue weighted by molar-refractivity contribution is 0.206. The van der Waals surface area contributed by atoms with E-state index in [1.807, 2.05) is 0 Å². The maximum absolute atomic E-state index is 12.3. The van der Waals surface area contributed by atoms with Gasteiger partial charge < -0.3 is 10.2 Å². The first-order chi connectivity index (χ1) is 9.52. The number of anilines is 1. The number of terminal acetylenes is 1. The lowest BCUT2D eigenvalue weighted by Gasteiger charge is -2.35. The van der Waals surface area contributed by atoms with Gasteiger partial charge in [0.25, 0.3) is 5.56 Å². The minimum absolute atomic E-state index is 0.146. The molecule has 1 aliphatic rings. The van der Waals surface area contributed by atoms with Crippen molar-refractivity contribution < 1.29 is 0 Å². The van der Waals surface area contributed by atoms with Gasteiger partial charge in [0.1, 0.15) is 12.2 Å². The molecule has 0 saturated carbocycles. The number of hydrogen-bond donors (Lipinski definition) is 1. The summed E-state index contributed by atoms with van der Waals surface area (Å²) in [6.45, 7) is 4.32. The van der Waals surface area contributed by atoms with Crippen LogP contribution in [-0.2, 0) is 6.54 Å². The maximum Gasteiger partial charge on any atom is 0.292 e. The van der Waals surface area contributed by atoms with Crippen molar-refractivity contribution >= 4 is 17.3 Å². The van der Waals surface area contributed by atoms with Gasteiger partial charge in [0, 0.05) is 12.6 Å². The van der Waals surface area contributed by atoms with E-state index < -0.39 is 0 Å². The quantitative estimate of drug-likeness (QED) is 0.854. The number of halogens is 1. The summed E-state index contributed by atoms with van der Waals surface area (Å²) in [6.07, 6.45) is 7.67. The van der Waals surface area contributed by atoms with Gasteiger partial charge in [-0.05, 0) is 25.9 Å². The number of likely N-dealkylation sites (tertiary alicyclic amines) is 1. The van der Waals surface area contributed by atoms with Crippen molar-refractivity contribution in [2.24, 2.45) is 5.92 Å². The minimum Gasteiger partial charge on any atom is -0.376 e. The highest BCUT2D eigenvalue weighted by Gasteiger charge is 2.25. The molecule has 108 valence electrons. The van der Waals surface area contributed by atoms with Crippen molar-refractivity contribution in [1.82, 2.24) is 14.7 Å². The Labute approximate surface area is 123 Å². The van der Waals surface area contributed by atoms with Crippen LogP contribution in [0.15, 0.2) is 11.0 Å². The van der Waals surface area contributed by atoms with Crippen LogP contribution in [0.25, 0.3) is 0 Å². The Hall–Kier alpha value is -1.51. The Morgan fingerprint density at radius 3 is 3.05 bits per heavy atom. The Morgan fingerprint density at radius 1 is 1.65 bits per heavy atom. The zero-order valence-corrected chi connectivity index (χ0v) is 12.5. The monoisotopic (exact) mass is 294 g/mol. The van der Waals surface area contributed by atoms with Crippen LogP contribution in [0.4, 0.5) is 5.69 Å². The standard InChI is InChI=1S/C14H19ClN4O/c1-4-6-19-14(20)13(11(15)8-16-19)17-12-5-7-18(3)9-10(12)2/h1,8,10,12,17H,5-7,9H2,2-3H3. The molecule has 1 N–H and O–H groups in total. The fourth-order valence-electron chi connectivity index (χ4n) is 2.55. The summed E-state index contributed by atoms with van der Waals surface area (Å²) < 4.78 is 1.24. The van der Waals surface area contributed by atoms with Crippen molar-refractivity contribution in [2.45, 2.75) is 25.9 Å². The molecule has 0 aromatic carbocycles. The second-order valence-electron chi connectivity index (χ2n) is 5.31. The van der Waals surface area contributed by atoms with Crippen molar-refractivity contribution in [3.63, 3.8) is 0 Å². The fourth-order valence-corrected chi connectivity index (χ4v) is 2.73. The van der Waals surface area contributed by atoms with Gasteiger partial charge in [-0.25, -0.2) is 4.68 Å². The van der Waals surface area contributed by atoms with E-state index in [0.717, 1.165) is 19.5 Å². The van der Waals surface area contributed by atoms with E-state index in [1.165, 1.54) is 10.9 Å². The highest BCUT2D eigenvalue weighted by molar-refractivity contribution is 6.33. The third kappa shape index (κ3) is 3.14. The van der Waals surface area contributed by atoms with Crippen LogP contribution in [0.3, 0.4) is 0 Å². The third-order valence-electron chi connectivity index (χ3n) is 3.68. The summed E-state index contributed by atoms with van der Waals surface area (Å²) in [5, 5.41) is 7.56. The molecule has 1 fully saturated rings. The lowest BCUT2D eigenvalue weighted by Crippen LogP contribution is -2.44. The van der Waals surface area contributed by atoms with Gasteiger partial charge in [-0.15, -0.1) is 6.42 Å². The van der Waals surface area contributed by atoms with Gasteiger partial charge in [-0.3, -0.25) is 4.79 Å². The molecule has 0 amide bonds. The zero-order chi connectivity index (χ0) is 14.7. The molecule has 20 heavy (non-hydrogen) atoms. The number of hydrogen-bond acceptors (Lipinski definition) is 4. The summed E-state index contributed by atoms with van der Waals surface area (Å²) in [6, 6.07) is 0.234. The van der Waals surface area contributed by atoms with Crippen LogP contribution in [0.1, 0.15) is 13.3 Å². The molecule has 2 atom stereocenters. The second-order valence-corrected chi connectivity index (χ2v) is 5.72. The van der Waals surface area contributed by atoms with Crippen LogP contribution in [0, 0.1) is 18.3 Å². The van der Waals surface area contributed by atoms with Gasteiger partial charge in [0.15, 0.2) is 0 Å². The molecule has 5 nitrogen and oxygen atoms in total. The molecule has 0 radical (unpaired) electrons. The Kier molecular flexibility index (Phi) is 4.69.